The van der Waals surface area contributed by atoms with E-state index in [1.807, 2.05) is 12.1 Å². The lowest BCUT2D eigenvalue weighted by Crippen LogP contribution is -2.74. The van der Waals surface area contributed by atoms with Crippen LogP contribution in [0.3, 0.4) is 0 Å². The first-order chi connectivity index (χ1) is 16.0. The van der Waals surface area contributed by atoms with Gasteiger partial charge in [0, 0.05) is 23.9 Å². The summed E-state index contributed by atoms with van der Waals surface area (Å²) in [6.07, 6.45) is 15.6. The van der Waals surface area contributed by atoms with Gasteiger partial charge in [-0.25, -0.2) is 0 Å². The highest BCUT2D eigenvalue weighted by Gasteiger charge is 2.75. The first-order valence-corrected chi connectivity index (χ1v) is 12.5. The molecule has 4 aliphatic heterocycles. The first-order valence-electron chi connectivity index (χ1n) is 12.5. The van der Waals surface area contributed by atoms with Gasteiger partial charge in [-0.3, -0.25) is 4.48 Å². The van der Waals surface area contributed by atoms with Crippen LogP contribution in [0.4, 0.5) is 5.69 Å². The number of hydrogen-bond donors (Lipinski definition) is 2. The molecule has 0 saturated carbocycles. The van der Waals surface area contributed by atoms with Gasteiger partial charge in [0.25, 0.3) is 0 Å². The van der Waals surface area contributed by atoms with E-state index in [0.29, 0.717) is 11.2 Å². The molecule has 4 atom stereocenters. The van der Waals surface area contributed by atoms with Gasteiger partial charge in [-0.05, 0) is 54.7 Å². The van der Waals surface area contributed by atoms with E-state index in [1.54, 1.807) is 13.2 Å². The van der Waals surface area contributed by atoms with Crippen molar-refractivity contribution in [3.8, 4) is 11.5 Å². The average Bonchev–Trinajstić information content (AvgIpc) is 3.26. The summed E-state index contributed by atoms with van der Waals surface area (Å²) < 4.78 is 6.50. The van der Waals surface area contributed by atoms with Crippen molar-refractivity contribution < 1.29 is 14.3 Å². The molecule has 2 aromatic carbocycles. The number of ether oxygens (including phenoxy) is 1. The number of quaternary nitrogens is 1. The molecular weight excluding hydrogens is 408 g/mol. The van der Waals surface area contributed by atoms with Gasteiger partial charge in [-0.2, -0.15) is 0 Å². The molecule has 33 heavy (non-hydrogen) atoms. The number of rotatable bonds is 5. The predicted molar refractivity (Wildman–Crippen MR) is 133 cm³/mol. The fourth-order valence-electron chi connectivity index (χ4n) is 7.88. The van der Waals surface area contributed by atoms with Crippen LogP contribution < -0.4 is 10.1 Å². The van der Waals surface area contributed by atoms with E-state index in [4.69, 9.17) is 4.74 Å². The molecule has 0 aromatic heterocycles. The van der Waals surface area contributed by atoms with Gasteiger partial charge in [0.1, 0.15) is 0 Å². The molecule has 0 amide bonds. The molecule has 6 rings (SSSR count). The normalized spacial score (nSPS) is 35.7. The number of para-hydroxylation sites is 1. The van der Waals surface area contributed by atoms with Crippen LogP contribution in [0.2, 0.25) is 0 Å². The maximum atomic E-state index is 9.95. The van der Waals surface area contributed by atoms with Crippen molar-refractivity contribution >= 4 is 11.8 Å². The van der Waals surface area contributed by atoms with Crippen LogP contribution in [0.25, 0.3) is 6.08 Å². The Kier molecular flexibility index (Phi) is 4.51. The number of piperidine rings is 1. The monoisotopic (exact) mass is 443 g/mol. The highest BCUT2D eigenvalue weighted by atomic mass is 16.5. The van der Waals surface area contributed by atoms with Gasteiger partial charge in [0.15, 0.2) is 17.2 Å². The van der Waals surface area contributed by atoms with E-state index in [-0.39, 0.29) is 16.8 Å². The second-order valence-electron chi connectivity index (χ2n) is 10.7. The molecule has 2 saturated heterocycles. The molecule has 4 nitrogen and oxygen atoms in total. The molecule has 0 unspecified atom stereocenters. The minimum atomic E-state index is 0.0666. The Morgan fingerprint density at radius 3 is 2.88 bits per heavy atom. The van der Waals surface area contributed by atoms with Crippen LogP contribution in [0.1, 0.15) is 50.2 Å². The first kappa shape index (κ1) is 20.9. The molecular formula is C29H35N2O2+. The molecule has 2 fully saturated rings. The van der Waals surface area contributed by atoms with Crippen molar-refractivity contribution in [1.82, 2.24) is 0 Å². The molecule has 2 aromatic rings. The average molecular weight is 444 g/mol. The van der Waals surface area contributed by atoms with E-state index in [1.165, 1.54) is 54.5 Å². The number of aromatic hydroxyl groups is 1. The lowest BCUT2D eigenvalue weighted by molar-refractivity contribution is -0.970. The number of hydrogen-bond acceptors (Lipinski definition) is 3. The predicted octanol–water partition coefficient (Wildman–Crippen LogP) is 5.84. The Bertz CT molecular complexity index is 1160. The van der Waals surface area contributed by atoms with E-state index in [0.717, 1.165) is 18.5 Å². The third-order valence-electron chi connectivity index (χ3n) is 9.57. The number of methoxy groups -OCH3 is 1. The Morgan fingerprint density at radius 1 is 1.15 bits per heavy atom. The number of anilines is 1. The molecule has 2 bridgehead atoms. The highest BCUT2D eigenvalue weighted by Crippen LogP contribution is 2.66. The van der Waals surface area contributed by atoms with Crippen molar-refractivity contribution in [2.75, 3.05) is 32.1 Å². The largest absolute Gasteiger partial charge is 0.504 e. The van der Waals surface area contributed by atoms with Gasteiger partial charge in [0.05, 0.1) is 32.2 Å². The molecule has 4 heterocycles. The van der Waals surface area contributed by atoms with Gasteiger partial charge >= 0.3 is 0 Å². The van der Waals surface area contributed by atoms with Gasteiger partial charge < -0.3 is 15.2 Å². The van der Waals surface area contributed by atoms with Crippen LogP contribution in [-0.2, 0) is 5.41 Å². The summed E-state index contributed by atoms with van der Waals surface area (Å²) >= 11 is 0. The number of phenols is 1. The van der Waals surface area contributed by atoms with Crippen LogP contribution in [0.5, 0.6) is 11.5 Å². The fraction of sp³-hybridized carbons (Fsp3) is 0.448. The van der Waals surface area contributed by atoms with Crippen LogP contribution in [0.15, 0.2) is 60.7 Å². The second kappa shape index (κ2) is 7.14. The number of allylic oxidation sites excluding steroid dienone is 1. The van der Waals surface area contributed by atoms with Crippen LogP contribution >= 0.6 is 0 Å². The zero-order valence-electron chi connectivity index (χ0n) is 19.8. The quantitative estimate of drug-likeness (QED) is 0.450. The molecule has 0 aliphatic carbocycles. The summed E-state index contributed by atoms with van der Waals surface area (Å²) in [6, 6.07) is 14.6. The summed E-state index contributed by atoms with van der Waals surface area (Å²) in [5, 5.41) is 14.1. The molecule has 2 spiro atoms. The zero-order chi connectivity index (χ0) is 22.7. The molecule has 172 valence electrons. The lowest BCUT2D eigenvalue weighted by Gasteiger charge is -2.60. The topological polar surface area (TPSA) is 41.5 Å². The van der Waals surface area contributed by atoms with Gasteiger partial charge in [-0.1, -0.05) is 49.4 Å². The maximum Gasteiger partial charge on any atom is 0.183 e. The number of phenolic OH excluding ortho intramolecular Hbond substituents is 1. The smallest absolute Gasteiger partial charge is 0.183 e. The number of nitrogens with zero attached hydrogens (tertiary/aromatic N) is 1. The van der Waals surface area contributed by atoms with Crippen LogP contribution in [-0.4, -0.2) is 42.0 Å². The van der Waals surface area contributed by atoms with Crippen molar-refractivity contribution in [2.45, 2.75) is 50.1 Å². The third-order valence-corrected chi connectivity index (χ3v) is 9.57. The van der Waals surface area contributed by atoms with Crippen molar-refractivity contribution in [2.24, 2.45) is 5.41 Å². The summed E-state index contributed by atoms with van der Waals surface area (Å²) in [7, 11) is 1.60. The van der Waals surface area contributed by atoms with Crippen LogP contribution in [0, 0.1) is 5.41 Å². The number of fused-ring (bicyclic) bond motifs is 3. The highest BCUT2D eigenvalue weighted by molar-refractivity contribution is 5.65. The Morgan fingerprint density at radius 2 is 2.03 bits per heavy atom. The molecule has 0 radical (unpaired) electrons. The van der Waals surface area contributed by atoms with E-state index in [2.05, 4.69) is 60.8 Å². The maximum absolute atomic E-state index is 9.95. The standard InChI is InChI=1S/C29H34N2O2/c1-3-27-13-7-18-31(21-27)19-17-28(14-6-8-22-11-12-25(32)26(20-22)33-2)23-9-4-5-10-24(23)30-29(28,31)16-15-27/h4-13,20,30H,3,14-19,21H2,1-2H3/p+1/b8-6+/t27-,28+,29+,31+/m1/s1. The second-order valence-corrected chi connectivity index (χ2v) is 10.7. The molecule has 2 N–H and O–H groups in total. The number of nitrogens with one attached hydrogen (secondary N) is 1. The SMILES string of the molecule is CC[C@@]12C=CC[N@+]3(CC[C@@]4(C/C=C/c5ccc(O)c(OC)c5)c5ccccc5N[C@]43CC1)C2. The van der Waals surface area contributed by atoms with E-state index in [9.17, 15) is 5.11 Å². The Balaban J connectivity index is 1.41. The Labute approximate surface area is 197 Å². The van der Waals surface area contributed by atoms with E-state index < -0.39 is 0 Å². The zero-order valence-corrected chi connectivity index (χ0v) is 19.8. The lowest BCUT2D eigenvalue weighted by atomic mass is 9.62. The molecule has 4 heteroatoms. The van der Waals surface area contributed by atoms with Crippen molar-refractivity contribution in [1.29, 1.82) is 0 Å². The number of benzene rings is 2. The summed E-state index contributed by atoms with van der Waals surface area (Å²) in [6.45, 7) is 6.03. The summed E-state index contributed by atoms with van der Waals surface area (Å²) in [5.41, 5.74) is 4.45. The Hall–Kier alpha value is -2.72. The minimum absolute atomic E-state index is 0.0666. The fourth-order valence-corrected chi connectivity index (χ4v) is 7.88. The third kappa shape index (κ3) is 2.67. The minimum Gasteiger partial charge on any atom is -0.504 e. The summed E-state index contributed by atoms with van der Waals surface area (Å²) in [4.78, 5) is 0. The molecule has 4 aliphatic rings. The summed E-state index contributed by atoms with van der Waals surface area (Å²) in [5.74, 6) is 0.705. The van der Waals surface area contributed by atoms with Gasteiger partial charge in [-0.15, -0.1) is 0 Å². The van der Waals surface area contributed by atoms with Crippen molar-refractivity contribution in [3.05, 3.63) is 71.8 Å². The van der Waals surface area contributed by atoms with E-state index >= 15 is 0 Å². The van der Waals surface area contributed by atoms with Crippen molar-refractivity contribution in [3.63, 3.8) is 0 Å². The van der Waals surface area contributed by atoms with Gasteiger partial charge in [0.2, 0.25) is 0 Å².